The van der Waals surface area contributed by atoms with Crippen molar-refractivity contribution >= 4 is 43.0 Å². The summed E-state index contributed by atoms with van der Waals surface area (Å²) in [5.74, 6) is -0.0976. The molecule has 36 heavy (non-hydrogen) atoms. The predicted molar refractivity (Wildman–Crippen MR) is 155 cm³/mol. The second-order valence-corrected chi connectivity index (χ2v) is 14.2. The van der Waals surface area contributed by atoms with Gasteiger partial charge in [0.25, 0.3) is 0 Å². The lowest BCUT2D eigenvalue weighted by molar-refractivity contribution is -0.138. The summed E-state index contributed by atoms with van der Waals surface area (Å²) in [6, 6.07) is 43.6. The van der Waals surface area contributed by atoms with Gasteiger partial charge >= 0.3 is 5.97 Å². The van der Waals surface area contributed by atoms with Crippen molar-refractivity contribution in [3.05, 3.63) is 121 Å². The van der Waals surface area contributed by atoms with Crippen molar-refractivity contribution in [3.8, 4) is 0 Å². The van der Waals surface area contributed by atoms with Crippen LogP contribution in [0.25, 0.3) is 0 Å². The van der Waals surface area contributed by atoms with E-state index in [4.69, 9.17) is 0 Å². The first-order valence-electron chi connectivity index (χ1n) is 12.7. The van der Waals surface area contributed by atoms with Crippen molar-refractivity contribution in [2.45, 2.75) is 24.9 Å². The Morgan fingerprint density at radius 2 is 1.06 bits per heavy atom. The molecular formula is C32H32O2P2. The van der Waals surface area contributed by atoms with E-state index in [2.05, 4.69) is 121 Å². The van der Waals surface area contributed by atoms with Crippen LogP contribution in [0.2, 0.25) is 0 Å². The maximum Gasteiger partial charge on any atom is 0.303 e. The van der Waals surface area contributed by atoms with Crippen LogP contribution in [0.5, 0.6) is 0 Å². The molecule has 2 nitrogen and oxygen atoms in total. The van der Waals surface area contributed by atoms with Crippen LogP contribution in [-0.2, 0) is 4.79 Å². The van der Waals surface area contributed by atoms with Crippen molar-refractivity contribution in [2.75, 3.05) is 6.16 Å². The zero-order valence-corrected chi connectivity index (χ0v) is 22.1. The van der Waals surface area contributed by atoms with Gasteiger partial charge in [0.05, 0.1) is 0 Å². The van der Waals surface area contributed by atoms with E-state index < -0.39 is 21.8 Å². The van der Waals surface area contributed by atoms with Gasteiger partial charge in [0.1, 0.15) is 0 Å². The lowest BCUT2D eigenvalue weighted by atomic mass is 9.94. The molecule has 0 saturated heterocycles. The molecule has 1 saturated carbocycles. The van der Waals surface area contributed by atoms with E-state index in [-0.39, 0.29) is 12.3 Å². The smallest absolute Gasteiger partial charge is 0.303 e. The van der Waals surface area contributed by atoms with E-state index in [9.17, 15) is 9.90 Å². The third kappa shape index (κ3) is 5.78. The summed E-state index contributed by atoms with van der Waals surface area (Å²) in [4.78, 5) is 12.0. The summed E-state index contributed by atoms with van der Waals surface area (Å²) >= 11 is 0. The fraction of sp³-hybridized carbons (Fsp3) is 0.219. The topological polar surface area (TPSA) is 37.3 Å². The molecule has 4 heteroatoms. The quantitative estimate of drug-likeness (QED) is 0.276. The summed E-state index contributed by atoms with van der Waals surface area (Å²) < 4.78 is 0. The van der Waals surface area contributed by atoms with E-state index in [1.807, 2.05) is 0 Å². The van der Waals surface area contributed by atoms with Crippen molar-refractivity contribution in [1.29, 1.82) is 0 Å². The van der Waals surface area contributed by atoms with Crippen LogP contribution in [-0.4, -0.2) is 22.9 Å². The fourth-order valence-corrected chi connectivity index (χ4v) is 11.8. The highest BCUT2D eigenvalue weighted by atomic mass is 31.1. The molecule has 0 aliphatic heterocycles. The lowest BCUT2D eigenvalue weighted by Crippen LogP contribution is -2.31. The average Bonchev–Trinajstić information content (AvgIpc) is 3.30. The molecule has 0 spiro atoms. The van der Waals surface area contributed by atoms with Crippen molar-refractivity contribution in [2.24, 2.45) is 11.8 Å². The first-order valence-corrected chi connectivity index (χ1v) is 15.6. The van der Waals surface area contributed by atoms with E-state index in [0.29, 0.717) is 11.6 Å². The molecular weight excluding hydrogens is 478 g/mol. The Labute approximate surface area is 216 Å². The van der Waals surface area contributed by atoms with Gasteiger partial charge in [0.15, 0.2) is 0 Å². The third-order valence-corrected chi connectivity index (χ3v) is 12.9. The summed E-state index contributed by atoms with van der Waals surface area (Å²) in [6.45, 7) is 0. The minimum Gasteiger partial charge on any atom is -0.481 e. The number of carboxylic acid groups (broad SMARTS) is 1. The highest BCUT2D eigenvalue weighted by Gasteiger charge is 2.43. The number of hydrogen-bond donors (Lipinski definition) is 1. The van der Waals surface area contributed by atoms with Gasteiger partial charge in [-0.3, -0.25) is 4.79 Å². The van der Waals surface area contributed by atoms with Crippen LogP contribution in [0.4, 0.5) is 0 Å². The number of carboxylic acids is 1. The molecule has 0 radical (unpaired) electrons. The number of carbonyl (C=O) groups is 1. The highest BCUT2D eigenvalue weighted by molar-refractivity contribution is 7.74. The molecule has 0 amide bonds. The summed E-state index contributed by atoms with van der Waals surface area (Å²) in [5.41, 5.74) is 0.464. The largest absolute Gasteiger partial charge is 0.481 e. The van der Waals surface area contributed by atoms with Crippen LogP contribution in [0.1, 0.15) is 19.3 Å². The zero-order valence-electron chi connectivity index (χ0n) is 20.4. The van der Waals surface area contributed by atoms with Crippen LogP contribution in [0.15, 0.2) is 121 Å². The summed E-state index contributed by atoms with van der Waals surface area (Å²) in [6.07, 6.45) is 3.38. The predicted octanol–water partition coefficient (Wildman–Crippen LogP) is 6.12. The molecule has 0 bridgehead atoms. The maximum absolute atomic E-state index is 12.0. The normalized spacial score (nSPS) is 19.6. The Balaban J connectivity index is 1.57. The van der Waals surface area contributed by atoms with E-state index in [1.165, 1.54) is 21.2 Å². The molecule has 3 atom stereocenters. The fourth-order valence-electron chi connectivity index (χ4n) is 5.69. The first kappa shape index (κ1) is 24.9. The van der Waals surface area contributed by atoms with Crippen LogP contribution in [0, 0.1) is 11.8 Å². The molecule has 0 unspecified atom stereocenters. The van der Waals surface area contributed by atoms with Gasteiger partial charge in [-0.1, -0.05) is 121 Å². The third-order valence-electron chi connectivity index (χ3n) is 7.30. The summed E-state index contributed by atoms with van der Waals surface area (Å²) in [7, 11) is -1.18. The molecule has 4 aromatic carbocycles. The molecule has 4 aromatic rings. The Morgan fingerprint density at radius 1 is 0.639 bits per heavy atom. The van der Waals surface area contributed by atoms with Gasteiger partial charge in [-0.05, 0) is 73.6 Å². The monoisotopic (exact) mass is 510 g/mol. The SMILES string of the molecule is O=C(O)C[C@H]1CC[C@H](P(c2ccccc2)c2ccccc2)[C@@H]1CP(c1ccccc1)c1ccccc1. The van der Waals surface area contributed by atoms with Gasteiger partial charge in [0, 0.05) is 6.42 Å². The Morgan fingerprint density at radius 3 is 1.47 bits per heavy atom. The average molecular weight is 511 g/mol. The molecule has 1 aliphatic carbocycles. The molecule has 1 N–H and O–H groups in total. The molecule has 1 fully saturated rings. The van der Waals surface area contributed by atoms with Crippen molar-refractivity contribution in [1.82, 2.24) is 0 Å². The number of rotatable bonds is 9. The van der Waals surface area contributed by atoms with Gasteiger partial charge in [-0.25, -0.2) is 0 Å². The highest BCUT2D eigenvalue weighted by Crippen LogP contribution is 2.55. The van der Waals surface area contributed by atoms with E-state index in [0.717, 1.165) is 19.0 Å². The maximum atomic E-state index is 12.0. The van der Waals surface area contributed by atoms with Gasteiger partial charge in [0.2, 0.25) is 0 Å². The van der Waals surface area contributed by atoms with Crippen molar-refractivity contribution < 1.29 is 9.90 Å². The van der Waals surface area contributed by atoms with E-state index in [1.54, 1.807) is 0 Å². The Hall–Kier alpha value is -2.79. The zero-order chi connectivity index (χ0) is 24.7. The second-order valence-electron chi connectivity index (χ2n) is 9.49. The second kappa shape index (κ2) is 12.0. The Bertz CT molecular complexity index is 1150. The van der Waals surface area contributed by atoms with Crippen LogP contribution < -0.4 is 21.2 Å². The molecule has 182 valence electrons. The first-order chi connectivity index (χ1) is 17.7. The van der Waals surface area contributed by atoms with Crippen LogP contribution >= 0.6 is 15.8 Å². The van der Waals surface area contributed by atoms with Gasteiger partial charge < -0.3 is 5.11 Å². The van der Waals surface area contributed by atoms with Gasteiger partial charge in [-0.15, -0.1) is 0 Å². The molecule has 0 aromatic heterocycles. The number of hydrogen-bond acceptors (Lipinski definition) is 1. The summed E-state index contributed by atoms with van der Waals surface area (Å²) in [5, 5.41) is 15.4. The molecule has 0 heterocycles. The number of aliphatic carboxylic acids is 1. The minimum absolute atomic E-state index is 0.211. The molecule has 5 rings (SSSR count). The number of benzene rings is 4. The minimum atomic E-state index is -0.668. The van der Waals surface area contributed by atoms with Crippen LogP contribution in [0.3, 0.4) is 0 Å². The van der Waals surface area contributed by atoms with Gasteiger partial charge in [-0.2, -0.15) is 0 Å². The lowest BCUT2D eigenvalue weighted by Gasteiger charge is -2.34. The van der Waals surface area contributed by atoms with Crippen molar-refractivity contribution in [3.63, 3.8) is 0 Å². The van der Waals surface area contributed by atoms with E-state index >= 15 is 0 Å². The standard InChI is InChI=1S/C32H32O2P2/c33-32(34)23-25-21-22-31(36(28-17-9-3-10-18-28)29-19-11-4-12-20-29)30(25)24-35(26-13-5-1-6-14-26)27-15-7-2-8-16-27/h1-20,25,30-31H,21-24H2,(H,33,34)/t25-,30-,31+/m1/s1. The Kier molecular flexibility index (Phi) is 8.27. The molecule has 1 aliphatic rings.